The molecule has 0 spiro atoms. The number of aromatic nitrogens is 1. The van der Waals surface area contributed by atoms with Gasteiger partial charge in [0.05, 0.1) is 36.5 Å². The normalized spacial score (nSPS) is 11.4. The largest absolute Gasteiger partial charge is 0.497 e. The number of nitrogens with one attached hydrogen (secondary N) is 1. The van der Waals surface area contributed by atoms with E-state index in [1.54, 1.807) is 67.8 Å². The van der Waals surface area contributed by atoms with E-state index in [0.29, 0.717) is 22.6 Å². The zero-order valence-corrected chi connectivity index (χ0v) is 21.5. The summed E-state index contributed by atoms with van der Waals surface area (Å²) in [4.78, 5) is 17.2. The second kappa shape index (κ2) is 11.3. The van der Waals surface area contributed by atoms with Gasteiger partial charge in [-0.1, -0.05) is 41.9 Å². The Hall–Kier alpha value is -4.15. The molecule has 11 heteroatoms. The maximum Gasteiger partial charge on any atom is 0.264 e. The summed E-state index contributed by atoms with van der Waals surface area (Å²) in [7, 11) is -1.11. The van der Waals surface area contributed by atoms with E-state index < -0.39 is 22.5 Å². The Bertz CT molecular complexity index is 1560. The summed E-state index contributed by atoms with van der Waals surface area (Å²) in [5.41, 5.74) is 3.69. The van der Waals surface area contributed by atoms with Crippen LogP contribution in [0.1, 0.15) is 5.56 Å². The van der Waals surface area contributed by atoms with Gasteiger partial charge in [-0.15, -0.1) is 0 Å². The fraction of sp³-hybridized carbons (Fsp3) is 0.115. The zero-order valence-electron chi connectivity index (χ0n) is 20.0. The van der Waals surface area contributed by atoms with Gasteiger partial charge in [-0.3, -0.25) is 9.10 Å². The first-order valence-corrected chi connectivity index (χ1v) is 12.8. The van der Waals surface area contributed by atoms with Gasteiger partial charge < -0.3 is 9.47 Å². The molecule has 9 nitrogen and oxygen atoms in total. The molecule has 4 aromatic rings. The van der Waals surface area contributed by atoms with E-state index >= 15 is 0 Å². The number of hydrogen-bond acceptors (Lipinski definition) is 7. The van der Waals surface area contributed by atoms with E-state index in [1.807, 2.05) is 6.07 Å². The number of benzene rings is 3. The molecule has 0 aliphatic rings. The van der Waals surface area contributed by atoms with Crippen molar-refractivity contribution < 1.29 is 22.7 Å². The van der Waals surface area contributed by atoms with Gasteiger partial charge in [0, 0.05) is 17.0 Å². The molecular formula is C26H23ClN4O5S. The molecule has 1 amide bonds. The average Bonchev–Trinajstić information content (AvgIpc) is 2.92. The van der Waals surface area contributed by atoms with Crippen LogP contribution in [0.3, 0.4) is 0 Å². The highest BCUT2D eigenvalue weighted by Gasteiger charge is 2.29. The van der Waals surface area contributed by atoms with Gasteiger partial charge in [0.15, 0.2) is 0 Å². The monoisotopic (exact) mass is 538 g/mol. The molecule has 1 aromatic heterocycles. The van der Waals surface area contributed by atoms with E-state index in [9.17, 15) is 13.2 Å². The lowest BCUT2D eigenvalue weighted by Gasteiger charge is -2.25. The highest BCUT2D eigenvalue weighted by Crippen LogP contribution is 2.32. The number of pyridine rings is 1. The minimum atomic E-state index is -4.10. The summed E-state index contributed by atoms with van der Waals surface area (Å²) in [5.74, 6) is 0.273. The summed E-state index contributed by atoms with van der Waals surface area (Å²) in [6, 6.07) is 21.5. The Labute approximate surface area is 219 Å². The number of carbonyl (C=O) groups is 1. The Kier molecular flexibility index (Phi) is 7.90. The van der Waals surface area contributed by atoms with Gasteiger partial charge in [-0.25, -0.2) is 18.8 Å². The number of amides is 1. The van der Waals surface area contributed by atoms with Crippen molar-refractivity contribution in [3.63, 3.8) is 0 Å². The highest BCUT2D eigenvalue weighted by molar-refractivity contribution is 7.92. The van der Waals surface area contributed by atoms with Crippen molar-refractivity contribution in [1.82, 2.24) is 10.4 Å². The molecule has 0 aliphatic heterocycles. The minimum absolute atomic E-state index is 0.0304. The zero-order chi connectivity index (χ0) is 26.4. The Balaban J connectivity index is 1.57. The van der Waals surface area contributed by atoms with Crippen LogP contribution in [0.2, 0.25) is 5.15 Å². The molecule has 0 unspecified atom stereocenters. The summed E-state index contributed by atoms with van der Waals surface area (Å²) < 4.78 is 38.5. The fourth-order valence-corrected chi connectivity index (χ4v) is 5.20. The molecule has 0 atom stereocenters. The molecule has 0 radical (unpaired) electrons. The number of ether oxygens (including phenoxy) is 2. The van der Waals surface area contributed by atoms with Crippen molar-refractivity contribution in [3.8, 4) is 11.5 Å². The molecule has 0 aliphatic carbocycles. The van der Waals surface area contributed by atoms with Gasteiger partial charge in [-0.2, -0.15) is 5.10 Å². The van der Waals surface area contributed by atoms with E-state index in [1.165, 1.54) is 25.5 Å². The number of methoxy groups -OCH3 is 2. The van der Waals surface area contributed by atoms with E-state index in [2.05, 4.69) is 15.5 Å². The highest BCUT2D eigenvalue weighted by atomic mass is 35.5. The Morgan fingerprint density at radius 3 is 2.49 bits per heavy atom. The molecule has 37 heavy (non-hydrogen) atoms. The molecular weight excluding hydrogens is 516 g/mol. The number of rotatable bonds is 9. The number of halogens is 1. The number of fused-ring (bicyclic) bond motifs is 1. The van der Waals surface area contributed by atoms with Crippen LogP contribution in [-0.4, -0.2) is 46.3 Å². The molecule has 0 fully saturated rings. The number of hydrogen-bond donors (Lipinski definition) is 1. The quantitative estimate of drug-likeness (QED) is 0.194. The molecule has 0 saturated carbocycles. The van der Waals surface area contributed by atoms with Crippen molar-refractivity contribution in [2.45, 2.75) is 4.90 Å². The Morgan fingerprint density at radius 2 is 1.76 bits per heavy atom. The number of sulfonamides is 1. The second-order valence-electron chi connectivity index (χ2n) is 7.72. The van der Waals surface area contributed by atoms with Crippen LogP contribution in [-0.2, 0) is 14.8 Å². The van der Waals surface area contributed by atoms with Crippen molar-refractivity contribution in [2.75, 3.05) is 25.1 Å². The number of hydrazone groups is 1. The fourth-order valence-electron chi connectivity index (χ4n) is 3.55. The molecule has 1 N–H and O–H groups in total. The number of anilines is 1. The third-order valence-corrected chi connectivity index (χ3v) is 7.45. The van der Waals surface area contributed by atoms with Crippen molar-refractivity contribution in [1.29, 1.82) is 0 Å². The van der Waals surface area contributed by atoms with Crippen LogP contribution >= 0.6 is 11.6 Å². The number of para-hydroxylation sites is 2. The summed E-state index contributed by atoms with van der Waals surface area (Å²) >= 11 is 6.28. The van der Waals surface area contributed by atoms with E-state index in [0.717, 1.165) is 9.69 Å². The maximum atomic E-state index is 13.5. The molecule has 3 aromatic carbocycles. The van der Waals surface area contributed by atoms with Gasteiger partial charge in [-0.05, 0) is 42.5 Å². The Morgan fingerprint density at radius 1 is 1.03 bits per heavy atom. The smallest absolute Gasteiger partial charge is 0.264 e. The topological polar surface area (TPSA) is 110 Å². The molecule has 190 valence electrons. The van der Waals surface area contributed by atoms with Gasteiger partial charge in [0.2, 0.25) is 0 Å². The lowest BCUT2D eigenvalue weighted by atomic mass is 10.1. The van der Waals surface area contributed by atoms with Crippen LogP contribution in [0.15, 0.2) is 88.9 Å². The summed E-state index contributed by atoms with van der Waals surface area (Å²) in [5, 5.41) is 4.94. The predicted octanol–water partition coefficient (Wildman–Crippen LogP) is 4.25. The molecule has 4 rings (SSSR count). The first-order valence-electron chi connectivity index (χ1n) is 11.0. The number of carbonyl (C=O) groups excluding carboxylic acids is 1. The van der Waals surface area contributed by atoms with E-state index in [-0.39, 0.29) is 15.7 Å². The van der Waals surface area contributed by atoms with E-state index in [4.69, 9.17) is 21.1 Å². The van der Waals surface area contributed by atoms with Gasteiger partial charge in [0.25, 0.3) is 15.9 Å². The number of nitrogens with zero attached hydrogens (tertiary/aromatic N) is 3. The standard InChI is InChI=1S/C26H23ClN4O5S/c1-35-20-13-12-18-14-19(26(27)29-22(18)15-20)16-28-30-25(32)17-31(23-10-6-7-11-24(23)36-2)37(33,34)21-8-4-3-5-9-21/h3-16H,17H2,1-2H3,(H,30,32)/b28-16+. The first kappa shape index (κ1) is 25.9. The van der Waals surface area contributed by atoms with Crippen LogP contribution in [0, 0.1) is 0 Å². The van der Waals surface area contributed by atoms with Crippen molar-refractivity contribution >= 4 is 50.3 Å². The second-order valence-corrected chi connectivity index (χ2v) is 9.94. The lowest BCUT2D eigenvalue weighted by Crippen LogP contribution is -2.39. The third-order valence-electron chi connectivity index (χ3n) is 5.37. The van der Waals surface area contributed by atoms with Crippen molar-refractivity contribution in [3.05, 3.63) is 89.6 Å². The first-order chi connectivity index (χ1) is 17.8. The van der Waals surface area contributed by atoms with Crippen LogP contribution in [0.25, 0.3) is 10.9 Å². The van der Waals surface area contributed by atoms with Gasteiger partial charge in [0.1, 0.15) is 23.2 Å². The summed E-state index contributed by atoms with van der Waals surface area (Å²) in [6.45, 7) is -0.543. The van der Waals surface area contributed by atoms with Crippen LogP contribution in [0.4, 0.5) is 5.69 Å². The summed E-state index contributed by atoms with van der Waals surface area (Å²) in [6.07, 6.45) is 1.34. The van der Waals surface area contributed by atoms with Crippen LogP contribution in [0.5, 0.6) is 11.5 Å². The predicted molar refractivity (Wildman–Crippen MR) is 143 cm³/mol. The molecule has 0 bridgehead atoms. The third kappa shape index (κ3) is 5.82. The average molecular weight is 539 g/mol. The van der Waals surface area contributed by atoms with Crippen LogP contribution < -0.4 is 19.2 Å². The molecule has 1 heterocycles. The SMILES string of the molecule is COc1ccc2cc(/C=N/NC(=O)CN(c3ccccc3OC)S(=O)(=O)c3ccccc3)c(Cl)nc2c1. The molecule has 0 saturated heterocycles. The van der Waals surface area contributed by atoms with Gasteiger partial charge >= 0.3 is 0 Å². The lowest BCUT2D eigenvalue weighted by molar-refractivity contribution is -0.119. The minimum Gasteiger partial charge on any atom is -0.497 e. The maximum absolute atomic E-state index is 13.5. The van der Waals surface area contributed by atoms with Crippen molar-refractivity contribution in [2.24, 2.45) is 5.10 Å².